The van der Waals surface area contributed by atoms with Crippen LogP contribution in [0, 0.1) is 20.8 Å². The number of hydrogen-bond donors (Lipinski definition) is 12. The average Bonchev–Trinajstić information content (AvgIpc) is 1.59. The van der Waals surface area contributed by atoms with Gasteiger partial charge in [0.05, 0.1) is 135 Å². The lowest BCUT2D eigenvalue weighted by Gasteiger charge is -2.13. The molecule has 9 aromatic heterocycles. The molecule has 12 amide bonds. The first kappa shape index (κ1) is 108. The van der Waals surface area contributed by atoms with E-state index in [0.29, 0.717) is 140 Å². The molecule has 1 aliphatic heterocycles. The molecule has 0 saturated carbocycles. The van der Waals surface area contributed by atoms with Gasteiger partial charge in [-0.15, -0.1) is 21.5 Å². The van der Waals surface area contributed by atoms with Crippen molar-refractivity contribution in [1.29, 1.82) is 0 Å². The number of rotatable bonds is 58. The number of imidazole rings is 4. The van der Waals surface area contributed by atoms with Crippen LogP contribution in [0.3, 0.4) is 0 Å². The monoisotopic (exact) mass is 2030 g/mol. The van der Waals surface area contributed by atoms with E-state index in [0.717, 1.165) is 32.3 Å². The number of ether oxygens (including phenoxy) is 9. The number of anilines is 7. The van der Waals surface area contributed by atoms with Gasteiger partial charge in [0, 0.05) is 184 Å². The van der Waals surface area contributed by atoms with Crippen LogP contribution in [0.5, 0.6) is 5.75 Å². The van der Waals surface area contributed by atoms with Crippen LogP contribution < -0.4 is 68.5 Å². The van der Waals surface area contributed by atoms with E-state index in [9.17, 15) is 57.5 Å². The second kappa shape index (κ2) is 53.8. The van der Waals surface area contributed by atoms with Crippen LogP contribution in [0.4, 0.5) is 40.2 Å². The van der Waals surface area contributed by atoms with E-state index in [1.54, 1.807) is 102 Å². The second-order valence-electron chi connectivity index (χ2n) is 32.9. The fraction of sp³-hybridized carbons (Fsp3) is 0.415. The van der Waals surface area contributed by atoms with E-state index in [1.807, 2.05) is 35.8 Å². The molecule has 0 aliphatic carbocycles. The third kappa shape index (κ3) is 31.8. The summed E-state index contributed by atoms with van der Waals surface area (Å²) >= 11 is 7.92. The summed E-state index contributed by atoms with van der Waals surface area (Å²) < 4.78 is 62.8. The summed E-state index contributed by atoms with van der Waals surface area (Å²) in [5.41, 5.74) is 5.89. The van der Waals surface area contributed by atoms with Crippen molar-refractivity contribution in [3.63, 3.8) is 0 Å². The molecule has 0 bridgehead atoms. The normalized spacial score (nSPS) is 12.0. The predicted octanol–water partition coefficient (Wildman–Crippen LogP) is 5.65. The molecule has 12 rings (SSSR count). The highest BCUT2D eigenvalue weighted by Gasteiger charge is 2.34. The minimum absolute atomic E-state index is 0.00147. The molecule has 0 fully saturated rings. The summed E-state index contributed by atoms with van der Waals surface area (Å²) in [5.74, 6) is -3.64. The SMILES string of the molecule is Cc1sc2c(c1C)C(c1ccc(Cl)cc1)=N[C@@H](CC(=O)Nc1ccc(OCCOCCOCCOCCOCCOCCOCCOCCOCCNC(=O)CCNC(=O)c3nc(NC(=O)c4cc(NC(=O)CCNC(=O)c5nc(NC(=O)CCCNC(=O)c6cc(NC(=O)c7nc(NC(=O)CCNC(=O)c8cc(NC(=O)c9nccn9C)cn8C)cn7C)cn6C)cn5C)cn4C)cn3C)cc1)c1nnc(C)n1-2. The topological polar surface area (TPSA) is 561 Å². The number of halogens is 1. The number of aliphatic imine (C=N–C) groups is 1. The molecule has 11 aromatic rings. The fourth-order valence-corrected chi connectivity index (χ4v) is 15.9. The van der Waals surface area contributed by atoms with E-state index in [-0.39, 0.29) is 159 Å². The van der Waals surface area contributed by atoms with Crippen molar-refractivity contribution < 1.29 is 100 Å². The van der Waals surface area contributed by atoms with Crippen molar-refractivity contribution in [1.82, 2.24) is 93.3 Å². The van der Waals surface area contributed by atoms with Gasteiger partial charge in [-0.25, -0.2) is 19.9 Å². The van der Waals surface area contributed by atoms with Crippen molar-refractivity contribution >= 4 is 140 Å². The quantitative estimate of drug-likeness (QED) is 0.0205. The zero-order valence-corrected chi connectivity index (χ0v) is 83.0. The molecule has 0 unspecified atom stereocenters. The van der Waals surface area contributed by atoms with Crippen LogP contribution in [0.1, 0.15) is 152 Å². The minimum atomic E-state index is -0.642. The van der Waals surface area contributed by atoms with E-state index in [2.05, 4.69) is 108 Å². The van der Waals surface area contributed by atoms with E-state index in [1.165, 1.54) is 82.8 Å². The maximum atomic E-state index is 13.6. The first-order chi connectivity index (χ1) is 69.4. The summed E-state index contributed by atoms with van der Waals surface area (Å²) in [6.45, 7) is 12.6. The van der Waals surface area contributed by atoms with Gasteiger partial charge in [-0.05, 0) is 87.4 Å². The molecule has 12 N–H and O–H groups in total. The number of carbonyl (C=O) groups is 12. The maximum Gasteiger partial charge on any atom is 0.291 e. The minimum Gasteiger partial charge on any atom is -0.491 e. The first-order valence-electron chi connectivity index (χ1n) is 46.2. The largest absolute Gasteiger partial charge is 0.491 e. The Labute approximate surface area is 836 Å². The molecule has 50 heteroatoms. The van der Waals surface area contributed by atoms with Crippen LogP contribution in [0.2, 0.25) is 5.02 Å². The lowest BCUT2D eigenvalue weighted by molar-refractivity contribution is -0.121. The first-order valence-corrected chi connectivity index (χ1v) is 47.4. The zero-order chi connectivity index (χ0) is 103. The fourth-order valence-electron chi connectivity index (χ4n) is 14.6. The lowest BCUT2D eigenvalue weighted by atomic mass is 9.99. The zero-order valence-electron chi connectivity index (χ0n) is 81.4. The van der Waals surface area contributed by atoms with Gasteiger partial charge in [0.25, 0.3) is 41.4 Å². The van der Waals surface area contributed by atoms with E-state index < -0.39 is 65.1 Å². The number of nitrogens with one attached hydrogen (secondary N) is 12. The smallest absolute Gasteiger partial charge is 0.291 e. The second-order valence-corrected chi connectivity index (χ2v) is 34.5. The molecule has 2 aromatic carbocycles. The summed E-state index contributed by atoms with van der Waals surface area (Å²) in [6.07, 6.45) is 11.9. The highest BCUT2D eigenvalue weighted by molar-refractivity contribution is 7.15. The molecule has 0 saturated heterocycles. The predicted molar refractivity (Wildman–Crippen MR) is 529 cm³/mol. The maximum absolute atomic E-state index is 13.6. The molecule has 1 aliphatic rings. The number of benzene rings is 2. The summed E-state index contributed by atoms with van der Waals surface area (Å²) in [7, 11) is 11.2. The van der Waals surface area contributed by atoms with Crippen molar-refractivity contribution in [2.45, 2.75) is 65.3 Å². The number of aryl methyl sites for hydroxylation is 9. The Morgan fingerprint density at radius 1 is 0.382 bits per heavy atom. The van der Waals surface area contributed by atoms with Crippen molar-refractivity contribution in [3.05, 3.63) is 195 Å². The van der Waals surface area contributed by atoms with E-state index in [4.69, 9.17) is 59.2 Å². The highest BCUT2D eigenvalue weighted by Crippen LogP contribution is 2.40. The van der Waals surface area contributed by atoms with Gasteiger partial charge < -0.3 is 138 Å². The van der Waals surface area contributed by atoms with Crippen molar-refractivity contribution in [2.24, 2.45) is 54.3 Å². The van der Waals surface area contributed by atoms with Crippen molar-refractivity contribution in [2.75, 3.05) is 182 Å². The Balaban J connectivity index is 0.415. The van der Waals surface area contributed by atoms with Gasteiger partial charge in [-0.3, -0.25) is 67.1 Å². The Morgan fingerprint density at radius 2 is 0.806 bits per heavy atom. The Bertz CT molecular complexity index is 6340. The average molecular weight is 2030 g/mol. The molecule has 48 nitrogen and oxygen atoms in total. The van der Waals surface area contributed by atoms with Crippen LogP contribution in [-0.4, -0.2) is 288 Å². The van der Waals surface area contributed by atoms with Gasteiger partial charge in [0.15, 0.2) is 29.1 Å². The van der Waals surface area contributed by atoms with Crippen LogP contribution in [0.25, 0.3) is 5.00 Å². The van der Waals surface area contributed by atoms with Gasteiger partial charge >= 0.3 is 0 Å². The van der Waals surface area contributed by atoms with Crippen LogP contribution in [0.15, 0.2) is 121 Å². The van der Waals surface area contributed by atoms with Crippen LogP contribution >= 0.6 is 22.9 Å². The summed E-state index contributed by atoms with van der Waals surface area (Å²) in [5, 5.41) is 42.9. The van der Waals surface area contributed by atoms with Crippen LogP contribution in [-0.2, 0) is 111 Å². The number of fused-ring (bicyclic) bond motifs is 3. The molecular weight excluding hydrogens is 1910 g/mol. The summed E-state index contributed by atoms with van der Waals surface area (Å²) in [6, 6.07) is 18.5. The Hall–Kier alpha value is -15.0. The number of thiophene rings is 1. The van der Waals surface area contributed by atoms with Crippen molar-refractivity contribution in [3.8, 4) is 10.8 Å². The standard InChI is InChI=1S/C94H118ClN27O21S/c1-58-59(2)144-94-80(58)81(61-13-15-62(95)16-14-61)106-68(82-114-113-60(3)122(82)94)51-79(127)102-63-17-19-67(20-18-63)143-47-46-142-45-44-141-43-42-140-41-40-139-39-38-138-37-36-137-35-34-136-33-32-135-31-29-96-75(123)21-25-100-91(132)85-111-74(57-120(85)9)112-89(130)71-48-64(52-118(71)7)103-77(125)22-27-101-90(131)84-109-72(55-119(84)8)107-76(124)12-11-24-98-87(128)69-50-66(54-116(69)5)105-93(134)86-110-73(56-121(86)10)108-78(126)23-26-99-88(129)70-49-65(53-117(70)6)104-92(133)83-97-28-30-115(83)4/h13-20,28,30,48-50,52-57,68H,11-12,21-27,29,31-47,51H2,1-10H3,(H,96,123)(H,98,128)(H,99,129)(H,100,132)(H,101,131)(H,102,127)(H,103,125)(H,104,133)(H,105,134)(H,107,124)(H,108,126)(H,112,130)/t68-/m0/s1. The van der Waals surface area contributed by atoms with Gasteiger partial charge in [-0.1, -0.05) is 23.7 Å². The molecule has 768 valence electrons. The molecule has 10 heterocycles. The number of hydrogen-bond acceptors (Lipinski definition) is 29. The molecular formula is C94H118ClN27O21S. The third-order valence-electron chi connectivity index (χ3n) is 21.9. The third-order valence-corrected chi connectivity index (χ3v) is 23.3. The Kier molecular flexibility index (Phi) is 40.3. The number of carbonyl (C=O) groups excluding carboxylic acids is 12. The van der Waals surface area contributed by atoms with Gasteiger partial charge in [-0.2, -0.15) is 0 Å². The molecule has 0 radical (unpaired) electrons. The van der Waals surface area contributed by atoms with Gasteiger partial charge in [0.1, 0.15) is 46.3 Å². The number of amides is 12. The molecule has 144 heavy (non-hydrogen) atoms. The van der Waals surface area contributed by atoms with Gasteiger partial charge in [0.2, 0.25) is 47.0 Å². The summed E-state index contributed by atoms with van der Waals surface area (Å²) in [4.78, 5) is 180. The lowest BCUT2D eigenvalue weighted by Crippen LogP contribution is -2.33. The molecule has 1 atom stereocenters. The Morgan fingerprint density at radius 3 is 1.31 bits per heavy atom. The molecule has 0 spiro atoms. The number of nitrogens with zero attached hydrogens (tertiary/aromatic N) is 15. The highest BCUT2D eigenvalue weighted by atomic mass is 35.5. The van der Waals surface area contributed by atoms with E-state index >= 15 is 0 Å². The number of aromatic nitrogens is 14.